The van der Waals surface area contributed by atoms with Crippen molar-refractivity contribution in [2.75, 3.05) is 13.1 Å². The number of carbonyl (C=O) groups excluding carboxylic acids is 1. The Kier molecular flexibility index (Phi) is 5.45. The van der Waals surface area contributed by atoms with Crippen LogP contribution in [0.3, 0.4) is 0 Å². The van der Waals surface area contributed by atoms with E-state index in [1.165, 1.54) is 12.1 Å². The highest BCUT2D eigenvalue weighted by Crippen LogP contribution is 2.27. The van der Waals surface area contributed by atoms with Gasteiger partial charge in [0.1, 0.15) is 17.3 Å². The van der Waals surface area contributed by atoms with E-state index in [0.29, 0.717) is 44.1 Å². The van der Waals surface area contributed by atoms with Gasteiger partial charge in [-0.05, 0) is 30.5 Å². The summed E-state index contributed by atoms with van der Waals surface area (Å²) in [5.41, 5.74) is -0.879. The molecule has 0 aliphatic carbocycles. The average molecular weight is 388 g/mol. The number of nitrogens with zero attached hydrogens (tertiary/aromatic N) is 2. The van der Waals surface area contributed by atoms with E-state index in [2.05, 4.69) is 10.4 Å². The van der Waals surface area contributed by atoms with Crippen molar-refractivity contribution in [3.63, 3.8) is 0 Å². The lowest BCUT2D eigenvalue weighted by Crippen LogP contribution is -2.44. The van der Waals surface area contributed by atoms with E-state index in [-0.39, 0.29) is 11.7 Å². The lowest BCUT2D eigenvalue weighted by atomic mass is 10.0. The molecule has 27 heavy (non-hydrogen) atoms. The number of hydrogen-bond donors (Lipinski definition) is 2. The Morgan fingerprint density at radius 2 is 1.78 bits per heavy atom. The zero-order valence-corrected chi connectivity index (χ0v) is 14.1. The number of nitrogens with one attached hydrogen (secondary N) is 2. The van der Waals surface area contributed by atoms with E-state index in [9.17, 15) is 26.7 Å². The molecule has 1 aliphatic heterocycles. The van der Waals surface area contributed by atoms with Crippen LogP contribution in [-0.2, 0) is 12.7 Å². The molecule has 0 atom stereocenters. The number of aromatic amines is 1. The van der Waals surface area contributed by atoms with Gasteiger partial charge in [0.2, 0.25) is 0 Å². The minimum atomic E-state index is -4.59. The van der Waals surface area contributed by atoms with E-state index in [0.717, 1.165) is 6.07 Å². The molecule has 1 aliphatic rings. The van der Waals surface area contributed by atoms with E-state index in [1.807, 2.05) is 4.90 Å². The van der Waals surface area contributed by atoms with Crippen molar-refractivity contribution in [1.82, 2.24) is 20.4 Å². The molecule has 1 fully saturated rings. The Hall–Kier alpha value is -2.49. The Labute approximate surface area is 151 Å². The van der Waals surface area contributed by atoms with Gasteiger partial charge in [0.15, 0.2) is 5.69 Å². The molecule has 146 valence electrons. The van der Waals surface area contributed by atoms with E-state index < -0.39 is 29.4 Å². The maximum atomic E-state index is 13.2. The number of likely N-dealkylation sites (tertiary alicyclic amines) is 1. The first-order valence-corrected chi connectivity index (χ1v) is 8.31. The summed E-state index contributed by atoms with van der Waals surface area (Å²) in [7, 11) is 0. The number of aromatic nitrogens is 2. The average Bonchev–Trinajstić information content (AvgIpc) is 3.06. The fourth-order valence-electron chi connectivity index (χ4n) is 3.04. The van der Waals surface area contributed by atoms with Crippen LogP contribution < -0.4 is 5.32 Å². The third kappa shape index (κ3) is 5.03. The fraction of sp³-hybridized carbons (Fsp3) is 0.412. The highest BCUT2D eigenvalue weighted by molar-refractivity contribution is 5.92. The predicted molar refractivity (Wildman–Crippen MR) is 85.7 cm³/mol. The van der Waals surface area contributed by atoms with Gasteiger partial charge in [-0.1, -0.05) is 0 Å². The van der Waals surface area contributed by atoms with Gasteiger partial charge >= 0.3 is 6.18 Å². The topological polar surface area (TPSA) is 61.0 Å². The molecule has 1 aromatic heterocycles. The quantitative estimate of drug-likeness (QED) is 0.792. The molecule has 0 unspecified atom stereocenters. The first-order valence-electron chi connectivity index (χ1n) is 8.31. The van der Waals surface area contributed by atoms with Crippen LogP contribution in [0.2, 0.25) is 0 Å². The predicted octanol–water partition coefficient (Wildman–Crippen LogP) is 3.10. The number of carbonyl (C=O) groups is 1. The van der Waals surface area contributed by atoms with E-state index >= 15 is 0 Å². The van der Waals surface area contributed by atoms with Crippen LogP contribution in [0.1, 0.15) is 34.6 Å². The number of hydrogen-bond acceptors (Lipinski definition) is 3. The van der Waals surface area contributed by atoms with Gasteiger partial charge in [-0.3, -0.25) is 14.8 Å². The number of halogens is 5. The lowest BCUT2D eigenvalue weighted by molar-refractivity contribution is -0.141. The van der Waals surface area contributed by atoms with Crippen molar-refractivity contribution in [2.24, 2.45) is 0 Å². The summed E-state index contributed by atoms with van der Waals surface area (Å²) in [6.07, 6.45) is -3.45. The van der Waals surface area contributed by atoms with Crippen molar-refractivity contribution >= 4 is 5.91 Å². The number of alkyl halides is 3. The van der Waals surface area contributed by atoms with Gasteiger partial charge < -0.3 is 5.32 Å². The second-order valence-electron chi connectivity index (χ2n) is 6.47. The van der Waals surface area contributed by atoms with Crippen LogP contribution in [-0.4, -0.2) is 40.1 Å². The minimum absolute atomic E-state index is 0.205. The Morgan fingerprint density at radius 3 is 2.33 bits per heavy atom. The molecule has 1 amide bonds. The second kappa shape index (κ2) is 7.63. The minimum Gasteiger partial charge on any atom is -0.348 e. The Balaban J connectivity index is 1.50. The smallest absolute Gasteiger partial charge is 0.348 e. The molecular weight excluding hydrogens is 371 g/mol. The zero-order valence-electron chi connectivity index (χ0n) is 14.1. The van der Waals surface area contributed by atoms with E-state index in [4.69, 9.17) is 0 Å². The Morgan fingerprint density at radius 1 is 1.15 bits per heavy atom. The molecule has 5 nitrogen and oxygen atoms in total. The third-order valence-electron chi connectivity index (χ3n) is 4.37. The van der Waals surface area contributed by atoms with Crippen LogP contribution >= 0.6 is 0 Å². The van der Waals surface area contributed by atoms with Gasteiger partial charge in [0, 0.05) is 37.8 Å². The summed E-state index contributed by atoms with van der Waals surface area (Å²) in [6.45, 7) is 1.54. The molecule has 10 heteroatoms. The maximum absolute atomic E-state index is 13.2. The fourth-order valence-corrected chi connectivity index (χ4v) is 3.04. The molecule has 2 N–H and O–H groups in total. The highest BCUT2D eigenvalue weighted by Gasteiger charge is 2.34. The van der Waals surface area contributed by atoms with Crippen LogP contribution in [0.5, 0.6) is 0 Å². The summed E-state index contributed by atoms with van der Waals surface area (Å²) >= 11 is 0. The standard InChI is InChI=1S/C17H17F5N4O/c18-11-5-10(6-12(19)7-11)9-26-3-1-13(2-4-26)23-16(27)14-8-15(25-24-14)17(20,21)22/h5-8,13H,1-4,9H2,(H,23,27)(H,24,25). The summed E-state index contributed by atoms with van der Waals surface area (Å²) in [5.74, 6) is -1.94. The van der Waals surface area contributed by atoms with Crippen LogP contribution in [0.4, 0.5) is 22.0 Å². The molecule has 2 aromatic rings. The van der Waals surface area contributed by atoms with Gasteiger partial charge in [-0.2, -0.15) is 18.3 Å². The van der Waals surface area contributed by atoms with Crippen molar-refractivity contribution in [2.45, 2.75) is 31.6 Å². The molecule has 0 saturated carbocycles. The van der Waals surface area contributed by atoms with Crippen LogP contribution in [0, 0.1) is 11.6 Å². The van der Waals surface area contributed by atoms with Crippen molar-refractivity contribution in [3.8, 4) is 0 Å². The number of H-pyrrole nitrogens is 1. The monoisotopic (exact) mass is 388 g/mol. The first-order chi connectivity index (χ1) is 12.7. The molecule has 1 aromatic carbocycles. The number of amides is 1. The zero-order chi connectivity index (χ0) is 19.6. The molecule has 3 rings (SSSR count). The lowest BCUT2D eigenvalue weighted by Gasteiger charge is -2.32. The van der Waals surface area contributed by atoms with Crippen LogP contribution in [0.25, 0.3) is 0 Å². The maximum Gasteiger partial charge on any atom is 0.432 e. The van der Waals surface area contributed by atoms with Gasteiger partial charge in [0.05, 0.1) is 0 Å². The molecule has 1 saturated heterocycles. The second-order valence-corrected chi connectivity index (χ2v) is 6.47. The number of piperidine rings is 1. The Bertz CT molecular complexity index is 792. The molecule has 0 radical (unpaired) electrons. The van der Waals surface area contributed by atoms with Crippen LogP contribution in [0.15, 0.2) is 24.3 Å². The normalized spacial score (nSPS) is 16.5. The van der Waals surface area contributed by atoms with E-state index in [1.54, 1.807) is 5.10 Å². The van der Waals surface area contributed by atoms with Gasteiger partial charge in [-0.15, -0.1) is 0 Å². The molecule has 2 heterocycles. The molecular formula is C17H17F5N4O. The molecule has 0 spiro atoms. The largest absolute Gasteiger partial charge is 0.432 e. The van der Waals surface area contributed by atoms with Crippen molar-refractivity contribution < 1.29 is 26.7 Å². The van der Waals surface area contributed by atoms with Gasteiger partial charge in [-0.25, -0.2) is 8.78 Å². The highest BCUT2D eigenvalue weighted by atomic mass is 19.4. The van der Waals surface area contributed by atoms with Crippen molar-refractivity contribution in [3.05, 3.63) is 52.9 Å². The summed E-state index contributed by atoms with van der Waals surface area (Å²) in [5, 5.41) is 7.87. The summed E-state index contributed by atoms with van der Waals surface area (Å²) in [4.78, 5) is 14.0. The van der Waals surface area contributed by atoms with Crippen molar-refractivity contribution in [1.29, 1.82) is 0 Å². The first kappa shape index (κ1) is 19.3. The number of benzene rings is 1. The summed E-state index contributed by atoms with van der Waals surface area (Å²) in [6, 6.07) is 3.82. The number of rotatable bonds is 4. The third-order valence-corrected chi connectivity index (χ3v) is 4.37. The summed E-state index contributed by atoms with van der Waals surface area (Å²) < 4.78 is 64.1. The molecule has 0 bridgehead atoms. The SMILES string of the molecule is O=C(NC1CCN(Cc2cc(F)cc(F)c2)CC1)c1cc(C(F)(F)F)[nH]n1. The van der Waals surface area contributed by atoms with Gasteiger partial charge in [0.25, 0.3) is 5.91 Å².